The van der Waals surface area contributed by atoms with Crippen LogP contribution in [0.25, 0.3) is 0 Å². The number of esters is 1. The summed E-state index contributed by atoms with van der Waals surface area (Å²) in [5.41, 5.74) is 2.82. The molecular formula is C26H31N3O5. The monoisotopic (exact) mass is 465 g/mol. The van der Waals surface area contributed by atoms with Crippen LogP contribution < -0.4 is 15.4 Å². The summed E-state index contributed by atoms with van der Waals surface area (Å²) >= 11 is 0. The van der Waals surface area contributed by atoms with Gasteiger partial charge in [0.1, 0.15) is 5.75 Å². The van der Waals surface area contributed by atoms with Crippen molar-refractivity contribution in [3.05, 3.63) is 77.0 Å². The highest BCUT2D eigenvalue weighted by atomic mass is 16.5. The predicted octanol–water partition coefficient (Wildman–Crippen LogP) is 3.33. The number of carbonyl (C=O) groups is 2. The lowest BCUT2D eigenvalue weighted by Crippen LogP contribution is -2.50. The Labute approximate surface area is 199 Å². The normalized spacial score (nSPS) is 23.1. The first kappa shape index (κ1) is 23.8. The average molecular weight is 466 g/mol. The van der Waals surface area contributed by atoms with Gasteiger partial charge in [-0.25, -0.2) is 9.59 Å². The van der Waals surface area contributed by atoms with E-state index in [-0.39, 0.29) is 24.8 Å². The topological polar surface area (TPSA) is 89.1 Å². The van der Waals surface area contributed by atoms with E-state index < -0.39 is 12.0 Å². The summed E-state index contributed by atoms with van der Waals surface area (Å²) in [5.74, 6) is 0.242. The number of ether oxygens (including phenoxy) is 3. The van der Waals surface area contributed by atoms with E-state index in [1.807, 2.05) is 37.3 Å². The number of rotatable bonds is 7. The summed E-state index contributed by atoms with van der Waals surface area (Å²) in [6.07, 6.45) is -0.0909. The minimum Gasteiger partial charge on any atom is -0.497 e. The van der Waals surface area contributed by atoms with E-state index in [9.17, 15) is 9.59 Å². The number of carbonyl (C=O) groups excluding carboxylic acids is 2. The molecule has 8 heteroatoms. The maximum Gasteiger partial charge on any atom is 0.338 e. The van der Waals surface area contributed by atoms with Gasteiger partial charge in [0.2, 0.25) is 0 Å². The fourth-order valence-electron chi connectivity index (χ4n) is 4.48. The van der Waals surface area contributed by atoms with Gasteiger partial charge >= 0.3 is 12.0 Å². The van der Waals surface area contributed by atoms with Crippen LogP contribution in [0.2, 0.25) is 0 Å². The molecule has 4 rings (SSSR count). The Bertz CT molecular complexity index is 1040. The highest BCUT2D eigenvalue weighted by Gasteiger charge is 2.35. The van der Waals surface area contributed by atoms with Crippen LogP contribution in [0.4, 0.5) is 4.79 Å². The van der Waals surface area contributed by atoms with Gasteiger partial charge in [0.15, 0.2) is 0 Å². The number of nitrogens with one attached hydrogen (secondary N) is 2. The lowest BCUT2D eigenvalue weighted by molar-refractivity contribution is -0.139. The Hall–Kier alpha value is -3.36. The van der Waals surface area contributed by atoms with Crippen LogP contribution in [0, 0.1) is 0 Å². The first-order valence-corrected chi connectivity index (χ1v) is 11.5. The molecular weight excluding hydrogens is 434 g/mol. The molecule has 2 aliphatic rings. The number of hydrogen-bond donors (Lipinski definition) is 2. The van der Waals surface area contributed by atoms with Crippen LogP contribution in [0.15, 0.2) is 65.9 Å². The Balaban J connectivity index is 1.65. The van der Waals surface area contributed by atoms with Crippen LogP contribution >= 0.6 is 0 Å². The molecule has 2 aliphatic heterocycles. The molecule has 2 N–H and O–H groups in total. The van der Waals surface area contributed by atoms with Crippen LogP contribution in [0.5, 0.6) is 5.75 Å². The van der Waals surface area contributed by atoms with Gasteiger partial charge in [-0.05, 0) is 37.1 Å². The molecule has 3 atom stereocenters. The number of benzene rings is 2. The molecule has 0 aromatic heterocycles. The standard InChI is InChI=1S/C26H31N3O5/c1-4-33-25(30)23-21(27-26(31)28-24(23)19-10-12-20(32-3)13-11-19)15-29-14-17(2)34-22(16-29)18-8-6-5-7-9-18/h5-13,17,22,24H,4,14-16H2,1-3H3,(H2,27,28,31). The maximum absolute atomic E-state index is 13.1. The number of hydrogen-bond acceptors (Lipinski definition) is 6. The van der Waals surface area contributed by atoms with Crippen molar-refractivity contribution >= 4 is 12.0 Å². The van der Waals surface area contributed by atoms with Gasteiger partial charge in [0.25, 0.3) is 0 Å². The quantitative estimate of drug-likeness (QED) is 0.610. The highest BCUT2D eigenvalue weighted by molar-refractivity contribution is 5.95. The molecule has 2 heterocycles. The van der Waals surface area contributed by atoms with Gasteiger partial charge in [-0.1, -0.05) is 42.5 Å². The fraction of sp³-hybridized carbons (Fsp3) is 0.385. The second kappa shape index (κ2) is 10.7. The molecule has 2 aromatic rings. The zero-order valence-electron chi connectivity index (χ0n) is 19.7. The smallest absolute Gasteiger partial charge is 0.338 e. The van der Waals surface area contributed by atoms with Crippen molar-refractivity contribution in [2.45, 2.75) is 32.1 Å². The van der Waals surface area contributed by atoms with Crippen LogP contribution in [0.1, 0.15) is 37.1 Å². The first-order chi connectivity index (χ1) is 16.5. The zero-order valence-corrected chi connectivity index (χ0v) is 19.7. The Morgan fingerprint density at radius 2 is 1.82 bits per heavy atom. The summed E-state index contributed by atoms with van der Waals surface area (Å²) < 4.78 is 16.8. The maximum atomic E-state index is 13.1. The number of amides is 2. The average Bonchev–Trinajstić information content (AvgIpc) is 2.84. The molecule has 34 heavy (non-hydrogen) atoms. The van der Waals surface area contributed by atoms with Gasteiger partial charge in [0.05, 0.1) is 37.5 Å². The largest absolute Gasteiger partial charge is 0.497 e. The van der Waals surface area contributed by atoms with Crippen LogP contribution in [-0.2, 0) is 14.3 Å². The molecule has 0 saturated carbocycles. The lowest BCUT2D eigenvalue weighted by atomic mass is 9.94. The summed E-state index contributed by atoms with van der Waals surface area (Å²) in [4.78, 5) is 27.9. The van der Waals surface area contributed by atoms with Gasteiger partial charge in [0, 0.05) is 25.3 Å². The van der Waals surface area contributed by atoms with Gasteiger partial charge in [-0.3, -0.25) is 4.90 Å². The Morgan fingerprint density at radius 3 is 2.50 bits per heavy atom. The van der Waals surface area contributed by atoms with E-state index >= 15 is 0 Å². The van der Waals surface area contributed by atoms with Gasteiger partial charge < -0.3 is 24.8 Å². The molecule has 3 unspecified atom stereocenters. The minimum absolute atomic E-state index is 0.000372. The molecule has 2 aromatic carbocycles. The highest BCUT2D eigenvalue weighted by Crippen LogP contribution is 2.31. The third-order valence-corrected chi connectivity index (χ3v) is 5.99. The molecule has 1 fully saturated rings. The number of methoxy groups -OCH3 is 1. The van der Waals surface area contributed by atoms with Crippen molar-refractivity contribution < 1.29 is 23.8 Å². The molecule has 8 nitrogen and oxygen atoms in total. The fourth-order valence-corrected chi connectivity index (χ4v) is 4.48. The predicted molar refractivity (Wildman–Crippen MR) is 127 cm³/mol. The van der Waals surface area contributed by atoms with Gasteiger partial charge in [-0.2, -0.15) is 0 Å². The van der Waals surface area contributed by atoms with E-state index in [0.29, 0.717) is 36.7 Å². The number of urea groups is 1. The summed E-state index contributed by atoms with van der Waals surface area (Å²) in [5, 5.41) is 5.74. The van der Waals surface area contributed by atoms with E-state index in [2.05, 4.69) is 27.7 Å². The van der Waals surface area contributed by atoms with Crippen LogP contribution in [0.3, 0.4) is 0 Å². The Kier molecular flexibility index (Phi) is 7.49. The van der Waals surface area contributed by atoms with Crippen molar-refractivity contribution in [1.29, 1.82) is 0 Å². The van der Waals surface area contributed by atoms with E-state index in [4.69, 9.17) is 14.2 Å². The zero-order chi connectivity index (χ0) is 24.1. The second-order valence-corrected chi connectivity index (χ2v) is 8.46. The second-order valence-electron chi connectivity index (χ2n) is 8.46. The molecule has 0 radical (unpaired) electrons. The summed E-state index contributed by atoms with van der Waals surface area (Å²) in [6, 6.07) is 16.4. The van der Waals surface area contributed by atoms with E-state index in [1.54, 1.807) is 26.2 Å². The van der Waals surface area contributed by atoms with E-state index in [1.165, 1.54) is 0 Å². The summed E-state index contributed by atoms with van der Waals surface area (Å²) in [6.45, 7) is 5.76. The molecule has 2 amide bonds. The molecule has 1 saturated heterocycles. The third-order valence-electron chi connectivity index (χ3n) is 5.99. The van der Waals surface area contributed by atoms with Crippen molar-refractivity contribution in [3.8, 4) is 5.75 Å². The summed E-state index contributed by atoms with van der Waals surface area (Å²) in [7, 11) is 1.59. The number of nitrogens with zero attached hydrogens (tertiary/aromatic N) is 1. The molecule has 0 aliphatic carbocycles. The number of morpholine rings is 1. The van der Waals surface area contributed by atoms with Gasteiger partial charge in [-0.15, -0.1) is 0 Å². The third kappa shape index (κ3) is 5.40. The van der Waals surface area contributed by atoms with Crippen molar-refractivity contribution in [2.24, 2.45) is 0 Å². The molecule has 0 spiro atoms. The Morgan fingerprint density at radius 1 is 1.09 bits per heavy atom. The van der Waals surface area contributed by atoms with Crippen LogP contribution in [-0.4, -0.2) is 56.4 Å². The van der Waals surface area contributed by atoms with Crippen molar-refractivity contribution in [1.82, 2.24) is 15.5 Å². The molecule has 0 bridgehead atoms. The van der Waals surface area contributed by atoms with Crippen molar-refractivity contribution in [3.63, 3.8) is 0 Å². The SMILES string of the molecule is CCOC(=O)C1=C(CN2CC(C)OC(c3ccccc3)C2)NC(=O)NC1c1ccc(OC)cc1. The minimum atomic E-state index is -0.628. The lowest BCUT2D eigenvalue weighted by Gasteiger charge is -2.39. The molecule has 180 valence electrons. The van der Waals surface area contributed by atoms with Crippen molar-refractivity contribution in [2.75, 3.05) is 33.4 Å². The van der Waals surface area contributed by atoms with E-state index in [0.717, 1.165) is 11.1 Å². The first-order valence-electron chi connectivity index (χ1n) is 11.5.